The molecule has 2 heterocycles. The number of nitrogens with one attached hydrogen (secondary N) is 2. The molecule has 2 saturated heterocycles. The number of carbonyl (C=O) groups excluding carboxylic acids is 1. The van der Waals surface area contributed by atoms with Crippen LogP contribution in [0.15, 0.2) is 42.5 Å². The van der Waals surface area contributed by atoms with E-state index in [-0.39, 0.29) is 23.8 Å². The second-order valence-electron chi connectivity index (χ2n) is 8.16. The first-order valence-electron chi connectivity index (χ1n) is 10.5. The predicted molar refractivity (Wildman–Crippen MR) is 113 cm³/mol. The van der Waals surface area contributed by atoms with E-state index in [1.165, 1.54) is 12.1 Å². The molecule has 2 aromatic carbocycles. The van der Waals surface area contributed by atoms with Gasteiger partial charge in [0.25, 0.3) is 0 Å². The van der Waals surface area contributed by atoms with Crippen molar-refractivity contribution in [2.45, 2.75) is 37.6 Å². The molecule has 7 heteroatoms. The Morgan fingerprint density at radius 2 is 2.00 bits per heavy atom. The van der Waals surface area contributed by atoms with Gasteiger partial charge in [0.2, 0.25) is 5.91 Å². The summed E-state index contributed by atoms with van der Waals surface area (Å²) in [5, 5.41) is 0.692. The standard InChI is InChI=1S/C23H26ClF2N3O/c24-19-6-2-1-4-15(19)8-10-22(30)29-11-3-5-17(14-29)23-18(13-27-28-23)16-7-9-20(25)21(26)12-16/h1-2,4,6-7,9,12,17-18,23,27-28H,3,5,8,10-11,13-14H2. The number of piperidine rings is 1. The SMILES string of the molecule is O=C(CCc1ccccc1Cl)N1CCCC(C2NNCC2c2ccc(F)c(F)c2)C1. The highest BCUT2D eigenvalue weighted by molar-refractivity contribution is 6.31. The molecule has 2 aromatic rings. The van der Waals surface area contributed by atoms with Crippen LogP contribution in [-0.2, 0) is 11.2 Å². The van der Waals surface area contributed by atoms with Crippen LogP contribution in [0.5, 0.6) is 0 Å². The quantitative estimate of drug-likeness (QED) is 0.747. The molecule has 4 rings (SSSR count). The highest BCUT2D eigenvalue weighted by Gasteiger charge is 2.37. The van der Waals surface area contributed by atoms with Gasteiger partial charge >= 0.3 is 0 Å². The fourth-order valence-electron chi connectivity index (χ4n) is 4.66. The average molecular weight is 434 g/mol. The van der Waals surface area contributed by atoms with Crippen molar-refractivity contribution in [1.82, 2.24) is 15.8 Å². The Morgan fingerprint density at radius 1 is 1.17 bits per heavy atom. The summed E-state index contributed by atoms with van der Waals surface area (Å²) in [7, 11) is 0. The summed E-state index contributed by atoms with van der Waals surface area (Å²) in [5.74, 6) is -1.24. The number of carbonyl (C=O) groups is 1. The number of rotatable bonds is 5. The van der Waals surface area contributed by atoms with E-state index in [4.69, 9.17) is 11.6 Å². The molecule has 3 atom stereocenters. The third-order valence-electron chi connectivity index (χ3n) is 6.28. The van der Waals surface area contributed by atoms with Crippen LogP contribution in [0.1, 0.15) is 36.3 Å². The van der Waals surface area contributed by atoms with Crippen LogP contribution in [0, 0.1) is 17.6 Å². The van der Waals surface area contributed by atoms with Crippen LogP contribution in [0.2, 0.25) is 5.02 Å². The van der Waals surface area contributed by atoms with Crippen LogP contribution >= 0.6 is 11.6 Å². The van der Waals surface area contributed by atoms with Crippen molar-refractivity contribution in [3.63, 3.8) is 0 Å². The van der Waals surface area contributed by atoms with Gasteiger partial charge < -0.3 is 4.90 Å². The van der Waals surface area contributed by atoms with E-state index in [1.807, 2.05) is 29.2 Å². The third kappa shape index (κ3) is 4.66. The second kappa shape index (κ2) is 9.41. The molecule has 2 N–H and O–H groups in total. The zero-order valence-corrected chi connectivity index (χ0v) is 17.5. The summed E-state index contributed by atoms with van der Waals surface area (Å²) in [6.45, 7) is 2.07. The number of nitrogens with zero attached hydrogens (tertiary/aromatic N) is 1. The zero-order chi connectivity index (χ0) is 21.1. The number of hydrazine groups is 1. The van der Waals surface area contributed by atoms with Gasteiger partial charge in [0.15, 0.2) is 11.6 Å². The Balaban J connectivity index is 1.39. The fourth-order valence-corrected chi connectivity index (χ4v) is 4.89. The molecule has 0 aromatic heterocycles. The van der Waals surface area contributed by atoms with Crippen molar-refractivity contribution in [2.24, 2.45) is 5.92 Å². The first kappa shape index (κ1) is 21.2. The van der Waals surface area contributed by atoms with E-state index in [0.717, 1.165) is 30.5 Å². The maximum absolute atomic E-state index is 13.7. The van der Waals surface area contributed by atoms with Crippen molar-refractivity contribution in [3.8, 4) is 0 Å². The highest BCUT2D eigenvalue weighted by atomic mass is 35.5. The monoisotopic (exact) mass is 433 g/mol. The van der Waals surface area contributed by atoms with Crippen LogP contribution < -0.4 is 10.9 Å². The van der Waals surface area contributed by atoms with E-state index in [1.54, 1.807) is 6.07 Å². The molecule has 30 heavy (non-hydrogen) atoms. The van der Waals surface area contributed by atoms with E-state index in [9.17, 15) is 13.6 Å². The van der Waals surface area contributed by atoms with Crippen LogP contribution in [0.3, 0.4) is 0 Å². The van der Waals surface area contributed by atoms with Gasteiger partial charge in [-0.25, -0.2) is 8.78 Å². The molecule has 4 nitrogen and oxygen atoms in total. The summed E-state index contributed by atoms with van der Waals surface area (Å²) in [6.07, 6.45) is 2.98. The first-order valence-corrected chi connectivity index (χ1v) is 10.8. The van der Waals surface area contributed by atoms with Gasteiger partial charge in [0.1, 0.15) is 0 Å². The molecule has 0 saturated carbocycles. The van der Waals surface area contributed by atoms with Gasteiger partial charge in [-0.1, -0.05) is 35.9 Å². The van der Waals surface area contributed by atoms with Gasteiger partial charge in [-0.05, 0) is 54.5 Å². The lowest BCUT2D eigenvalue weighted by molar-refractivity contribution is -0.133. The zero-order valence-electron chi connectivity index (χ0n) is 16.7. The Bertz CT molecular complexity index is 910. The molecule has 160 valence electrons. The molecule has 0 bridgehead atoms. The number of benzene rings is 2. The second-order valence-corrected chi connectivity index (χ2v) is 8.57. The summed E-state index contributed by atoms with van der Waals surface area (Å²) in [5.41, 5.74) is 8.24. The Labute approximate surface area is 180 Å². The van der Waals surface area contributed by atoms with Gasteiger partial charge in [0, 0.05) is 43.0 Å². The topological polar surface area (TPSA) is 44.4 Å². The molecule has 2 aliphatic heterocycles. The van der Waals surface area contributed by atoms with Gasteiger partial charge in [-0.2, -0.15) is 0 Å². The fraction of sp³-hybridized carbons (Fsp3) is 0.435. The number of amides is 1. The van der Waals surface area contributed by atoms with Gasteiger partial charge in [-0.3, -0.25) is 15.6 Å². The Kier molecular flexibility index (Phi) is 6.66. The number of aryl methyl sites for hydroxylation is 1. The normalized spacial score (nSPS) is 24.2. The van der Waals surface area contributed by atoms with E-state index < -0.39 is 11.6 Å². The van der Waals surface area contributed by atoms with E-state index in [0.29, 0.717) is 31.0 Å². The summed E-state index contributed by atoms with van der Waals surface area (Å²) < 4.78 is 27.1. The number of hydrogen-bond donors (Lipinski definition) is 2. The van der Waals surface area contributed by atoms with Crippen molar-refractivity contribution >= 4 is 17.5 Å². The molecule has 1 amide bonds. The first-order chi connectivity index (χ1) is 14.5. The average Bonchev–Trinajstić information content (AvgIpc) is 3.25. The number of hydrogen-bond acceptors (Lipinski definition) is 3. The van der Waals surface area contributed by atoms with E-state index in [2.05, 4.69) is 10.9 Å². The minimum absolute atomic E-state index is 0.0308. The largest absolute Gasteiger partial charge is 0.342 e. The molecule has 3 unspecified atom stereocenters. The lowest BCUT2D eigenvalue weighted by Gasteiger charge is -2.37. The number of likely N-dealkylation sites (tertiary alicyclic amines) is 1. The van der Waals surface area contributed by atoms with E-state index >= 15 is 0 Å². The minimum atomic E-state index is -0.831. The summed E-state index contributed by atoms with van der Waals surface area (Å²) in [4.78, 5) is 14.8. The molecule has 2 fully saturated rings. The molecule has 0 spiro atoms. The van der Waals surface area contributed by atoms with Crippen LogP contribution in [-0.4, -0.2) is 36.5 Å². The van der Waals surface area contributed by atoms with Crippen molar-refractivity contribution in [3.05, 3.63) is 70.2 Å². The van der Waals surface area contributed by atoms with Crippen molar-refractivity contribution in [1.29, 1.82) is 0 Å². The molecule has 2 aliphatic rings. The maximum Gasteiger partial charge on any atom is 0.222 e. The molecular formula is C23H26ClF2N3O. The Hall–Kier alpha value is -2.02. The predicted octanol–water partition coefficient (Wildman–Crippen LogP) is 4.05. The molecule has 0 radical (unpaired) electrons. The highest BCUT2D eigenvalue weighted by Crippen LogP contribution is 2.32. The summed E-state index contributed by atoms with van der Waals surface area (Å²) in [6, 6.07) is 11.8. The maximum atomic E-state index is 13.7. The van der Waals surface area contributed by atoms with Crippen LogP contribution in [0.4, 0.5) is 8.78 Å². The van der Waals surface area contributed by atoms with Gasteiger partial charge in [-0.15, -0.1) is 0 Å². The van der Waals surface area contributed by atoms with Gasteiger partial charge in [0.05, 0.1) is 0 Å². The molecular weight excluding hydrogens is 408 g/mol. The minimum Gasteiger partial charge on any atom is -0.342 e. The summed E-state index contributed by atoms with van der Waals surface area (Å²) >= 11 is 6.21. The lowest BCUT2D eigenvalue weighted by Crippen LogP contribution is -2.48. The van der Waals surface area contributed by atoms with Crippen molar-refractivity contribution in [2.75, 3.05) is 19.6 Å². The Morgan fingerprint density at radius 3 is 2.80 bits per heavy atom. The molecule has 0 aliphatic carbocycles. The number of halogens is 3. The third-order valence-corrected chi connectivity index (χ3v) is 6.65. The lowest BCUT2D eigenvalue weighted by atomic mass is 9.81. The smallest absolute Gasteiger partial charge is 0.222 e. The van der Waals surface area contributed by atoms with Crippen LogP contribution in [0.25, 0.3) is 0 Å². The van der Waals surface area contributed by atoms with Crippen molar-refractivity contribution < 1.29 is 13.6 Å².